The molecule has 0 unspecified atom stereocenters. The zero-order valence-corrected chi connectivity index (χ0v) is 19.7. The monoisotopic (exact) mass is 434 g/mol. The molecule has 3 aromatic rings. The fraction of sp³-hybridized carbons (Fsp3) is 0.192. The van der Waals surface area contributed by atoms with Gasteiger partial charge in [-0.25, -0.2) is 0 Å². The van der Waals surface area contributed by atoms with Crippen molar-refractivity contribution >= 4 is 40.8 Å². The van der Waals surface area contributed by atoms with Crippen LogP contribution in [-0.4, -0.2) is 12.2 Å². The summed E-state index contributed by atoms with van der Waals surface area (Å²) in [5, 5.41) is 9.12. The van der Waals surface area contributed by atoms with E-state index in [4.69, 9.17) is 0 Å². The van der Waals surface area contributed by atoms with E-state index in [-0.39, 0.29) is 5.91 Å². The van der Waals surface area contributed by atoms with Crippen LogP contribution in [0.25, 0.3) is 0 Å². The highest BCUT2D eigenvalue weighted by Gasteiger charge is 2.51. The second-order valence-corrected chi connectivity index (χ2v) is 12.2. The lowest BCUT2D eigenvalue weighted by molar-refractivity contribution is -0.127. The highest BCUT2D eigenvalue weighted by molar-refractivity contribution is 8.03. The zero-order chi connectivity index (χ0) is 21.6. The third-order valence-corrected chi connectivity index (χ3v) is 9.77. The molecule has 0 bridgehead atoms. The first-order chi connectivity index (χ1) is 14.4. The molecule has 1 N–H and O–H groups in total. The number of amides is 1. The van der Waals surface area contributed by atoms with E-state index in [9.17, 15) is 4.79 Å². The first kappa shape index (κ1) is 22.3. The SMILES string of the molecule is CSC=C(NC(=O)C(C)(C)C)[P+](c1ccccc1)(c1ccccc1)c1ccccc1. The summed E-state index contributed by atoms with van der Waals surface area (Å²) >= 11 is 1.62. The van der Waals surface area contributed by atoms with Crippen molar-refractivity contribution in [3.8, 4) is 0 Å². The van der Waals surface area contributed by atoms with Gasteiger partial charge in [0.05, 0.1) is 0 Å². The van der Waals surface area contributed by atoms with E-state index in [0.717, 1.165) is 5.44 Å². The van der Waals surface area contributed by atoms with Gasteiger partial charge in [0.15, 0.2) is 12.7 Å². The normalized spacial score (nSPS) is 12.5. The van der Waals surface area contributed by atoms with Gasteiger partial charge in [-0.1, -0.05) is 75.4 Å². The fourth-order valence-corrected chi connectivity index (χ4v) is 8.51. The van der Waals surface area contributed by atoms with Gasteiger partial charge < -0.3 is 0 Å². The Morgan fingerprint density at radius 2 is 1.13 bits per heavy atom. The molecule has 4 heteroatoms. The summed E-state index contributed by atoms with van der Waals surface area (Å²) in [5.41, 5.74) is 0.482. The quantitative estimate of drug-likeness (QED) is 0.533. The van der Waals surface area contributed by atoms with Crippen LogP contribution in [0.4, 0.5) is 0 Å². The summed E-state index contributed by atoms with van der Waals surface area (Å²) in [5.74, 6) is 0.0231. The molecule has 0 saturated carbocycles. The molecule has 0 saturated heterocycles. The van der Waals surface area contributed by atoms with Crippen molar-refractivity contribution < 1.29 is 4.79 Å². The average Bonchev–Trinajstić information content (AvgIpc) is 2.76. The van der Waals surface area contributed by atoms with Gasteiger partial charge >= 0.3 is 0 Å². The smallest absolute Gasteiger partial charge is 0.232 e. The number of hydrogen-bond acceptors (Lipinski definition) is 2. The van der Waals surface area contributed by atoms with E-state index in [1.807, 2.05) is 45.2 Å². The molecule has 3 rings (SSSR count). The van der Waals surface area contributed by atoms with Crippen molar-refractivity contribution in [1.29, 1.82) is 0 Å². The van der Waals surface area contributed by atoms with Gasteiger partial charge in [0.1, 0.15) is 15.9 Å². The van der Waals surface area contributed by atoms with E-state index in [2.05, 4.69) is 83.5 Å². The molecule has 2 nitrogen and oxygen atoms in total. The lowest BCUT2D eigenvalue weighted by atomic mass is 9.96. The van der Waals surface area contributed by atoms with Crippen LogP contribution >= 0.6 is 19.0 Å². The third-order valence-electron chi connectivity index (χ3n) is 4.94. The first-order valence-corrected chi connectivity index (χ1v) is 13.1. The minimum atomic E-state index is -2.30. The summed E-state index contributed by atoms with van der Waals surface area (Å²) in [6.45, 7) is 5.85. The van der Waals surface area contributed by atoms with E-state index in [1.165, 1.54) is 15.9 Å². The second-order valence-electron chi connectivity index (χ2n) is 8.12. The largest absolute Gasteiger partial charge is 0.295 e. The Morgan fingerprint density at radius 1 is 0.767 bits per heavy atom. The van der Waals surface area contributed by atoms with Crippen LogP contribution in [0.15, 0.2) is 102 Å². The maximum atomic E-state index is 13.1. The second kappa shape index (κ2) is 9.64. The molecule has 1 amide bonds. The predicted octanol–water partition coefficient (Wildman–Crippen LogP) is 5.30. The Hall–Kier alpha value is -2.35. The number of benzene rings is 3. The lowest BCUT2D eigenvalue weighted by Gasteiger charge is -2.30. The minimum Gasteiger partial charge on any atom is -0.295 e. The van der Waals surface area contributed by atoms with Gasteiger partial charge in [-0.15, -0.1) is 11.8 Å². The van der Waals surface area contributed by atoms with Crippen molar-refractivity contribution in [1.82, 2.24) is 5.32 Å². The molecule has 0 aromatic heterocycles. The molecule has 0 atom stereocenters. The van der Waals surface area contributed by atoms with E-state index in [1.54, 1.807) is 11.8 Å². The Balaban J connectivity index is 2.38. The van der Waals surface area contributed by atoms with Crippen LogP contribution in [0.5, 0.6) is 0 Å². The van der Waals surface area contributed by atoms with Crippen LogP contribution in [0.2, 0.25) is 0 Å². The van der Waals surface area contributed by atoms with Crippen molar-refractivity contribution in [2.45, 2.75) is 20.8 Å². The van der Waals surface area contributed by atoms with Crippen molar-refractivity contribution in [2.24, 2.45) is 5.41 Å². The standard InChI is InChI=1S/C26H28NOPS/c1-26(2,3)25(28)27-24(20-30-4)29(21-14-8-5-9-15-21,22-16-10-6-11-17-22)23-18-12-7-13-19-23/h5-20H,1-4H3/p+1. The molecule has 0 aliphatic carbocycles. The summed E-state index contributed by atoms with van der Waals surface area (Å²) in [6.07, 6.45) is 2.04. The minimum absolute atomic E-state index is 0.0231. The van der Waals surface area contributed by atoms with Gasteiger partial charge in [0.2, 0.25) is 5.91 Å². The topological polar surface area (TPSA) is 29.1 Å². The lowest BCUT2D eigenvalue weighted by Crippen LogP contribution is -2.41. The Labute approximate surface area is 185 Å². The Morgan fingerprint density at radius 3 is 1.43 bits per heavy atom. The molecule has 3 aromatic carbocycles. The summed E-state index contributed by atoms with van der Waals surface area (Å²) in [7, 11) is -2.30. The number of thioether (sulfide) groups is 1. The molecule has 0 aliphatic rings. The number of nitrogens with one attached hydrogen (secondary N) is 1. The summed E-state index contributed by atoms with van der Waals surface area (Å²) in [6, 6.07) is 31.7. The van der Waals surface area contributed by atoms with Crippen LogP contribution in [0, 0.1) is 5.41 Å². The highest BCUT2D eigenvalue weighted by Crippen LogP contribution is 2.61. The third kappa shape index (κ3) is 4.53. The summed E-state index contributed by atoms with van der Waals surface area (Å²) < 4.78 is 0. The molecule has 0 heterocycles. The van der Waals surface area contributed by atoms with Crippen LogP contribution < -0.4 is 21.2 Å². The molecule has 0 radical (unpaired) electrons. The zero-order valence-electron chi connectivity index (χ0n) is 18.0. The molecule has 0 fully saturated rings. The van der Waals surface area contributed by atoms with Gasteiger partial charge in [0.25, 0.3) is 0 Å². The van der Waals surface area contributed by atoms with E-state index in [0.29, 0.717) is 0 Å². The molecular weight excluding hydrogens is 405 g/mol. The van der Waals surface area contributed by atoms with Gasteiger partial charge in [-0.2, -0.15) is 0 Å². The Bertz CT molecular complexity index is 899. The summed E-state index contributed by atoms with van der Waals surface area (Å²) in [4.78, 5) is 13.1. The van der Waals surface area contributed by atoms with Gasteiger partial charge in [-0.05, 0) is 42.7 Å². The average molecular weight is 435 g/mol. The van der Waals surface area contributed by atoms with Crippen LogP contribution in [0.3, 0.4) is 0 Å². The molecule has 30 heavy (non-hydrogen) atoms. The number of rotatable bonds is 6. The molecule has 0 aliphatic heterocycles. The molecule has 0 spiro atoms. The van der Waals surface area contributed by atoms with Crippen LogP contribution in [-0.2, 0) is 4.79 Å². The fourth-order valence-electron chi connectivity index (χ4n) is 3.43. The van der Waals surface area contributed by atoms with Crippen molar-refractivity contribution in [3.05, 3.63) is 102 Å². The van der Waals surface area contributed by atoms with Crippen molar-refractivity contribution in [2.75, 3.05) is 6.26 Å². The number of hydrogen-bond donors (Lipinski definition) is 1. The highest BCUT2D eigenvalue weighted by atomic mass is 32.2. The van der Waals surface area contributed by atoms with Gasteiger partial charge in [-0.3, -0.25) is 10.1 Å². The Kier molecular flexibility index (Phi) is 7.18. The van der Waals surface area contributed by atoms with Crippen LogP contribution in [0.1, 0.15) is 20.8 Å². The molecular formula is C26H29NOPS+. The number of carbonyl (C=O) groups excluding carboxylic acids is 1. The molecule has 154 valence electrons. The van der Waals surface area contributed by atoms with E-state index < -0.39 is 12.7 Å². The predicted molar refractivity (Wildman–Crippen MR) is 134 cm³/mol. The van der Waals surface area contributed by atoms with Gasteiger partial charge in [0, 0.05) is 10.8 Å². The number of carbonyl (C=O) groups is 1. The van der Waals surface area contributed by atoms with Crippen molar-refractivity contribution in [3.63, 3.8) is 0 Å². The first-order valence-electron chi connectivity index (χ1n) is 10.0. The maximum absolute atomic E-state index is 13.1. The van der Waals surface area contributed by atoms with E-state index >= 15 is 0 Å². The maximum Gasteiger partial charge on any atom is 0.232 e.